The fourth-order valence-electron chi connectivity index (χ4n) is 3.88. The summed E-state index contributed by atoms with van der Waals surface area (Å²) < 4.78 is 0. The number of benzene rings is 3. The van der Waals surface area contributed by atoms with Crippen molar-refractivity contribution in [2.24, 2.45) is 0 Å². The topological polar surface area (TPSA) is 17.1 Å². The highest BCUT2D eigenvalue weighted by molar-refractivity contribution is 6.00. The Hall–Kier alpha value is -2.67. The molecule has 0 saturated carbocycles. The molecule has 0 fully saturated rings. The largest absolute Gasteiger partial charge is 0.294 e. The number of Topliss-reactive ketones (excluding diaryl/α,β-unsaturated/α-hetero) is 1. The first kappa shape index (κ1) is 14.0. The molecule has 4 rings (SSSR count). The van der Waals surface area contributed by atoms with Gasteiger partial charge in [-0.25, -0.2) is 0 Å². The zero-order valence-corrected chi connectivity index (χ0v) is 12.9. The van der Waals surface area contributed by atoms with Crippen LogP contribution in [0, 0.1) is 0 Å². The first-order valence-corrected chi connectivity index (χ1v) is 8.06. The summed E-state index contributed by atoms with van der Waals surface area (Å²) >= 11 is 0. The van der Waals surface area contributed by atoms with Crippen LogP contribution in [0.4, 0.5) is 0 Å². The zero-order chi connectivity index (χ0) is 15.7. The van der Waals surface area contributed by atoms with Crippen molar-refractivity contribution >= 4 is 5.78 Å². The Labute approximate surface area is 136 Å². The molecule has 3 aromatic carbocycles. The van der Waals surface area contributed by atoms with Crippen molar-refractivity contribution in [2.75, 3.05) is 0 Å². The van der Waals surface area contributed by atoms with Gasteiger partial charge in [0, 0.05) is 17.4 Å². The monoisotopic (exact) mass is 298 g/mol. The Balaban J connectivity index is 2.06. The van der Waals surface area contributed by atoms with Gasteiger partial charge in [-0.1, -0.05) is 84.9 Å². The van der Waals surface area contributed by atoms with E-state index in [0.717, 1.165) is 17.5 Å². The molecule has 0 atom stereocenters. The van der Waals surface area contributed by atoms with E-state index in [0.29, 0.717) is 6.42 Å². The van der Waals surface area contributed by atoms with Crippen LogP contribution in [0.15, 0.2) is 84.9 Å². The quantitative estimate of drug-likeness (QED) is 0.651. The summed E-state index contributed by atoms with van der Waals surface area (Å²) in [5.41, 5.74) is 4.27. The number of hydrogen-bond acceptors (Lipinski definition) is 1. The maximum Gasteiger partial charge on any atom is 0.163 e. The smallest absolute Gasteiger partial charge is 0.163 e. The molecule has 0 bridgehead atoms. The fraction of sp³-hybridized carbons (Fsp3) is 0.136. The molecule has 112 valence electrons. The minimum atomic E-state index is -0.243. The van der Waals surface area contributed by atoms with Gasteiger partial charge in [-0.15, -0.1) is 0 Å². The Morgan fingerprint density at radius 3 is 1.78 bits per heavy atom. The van der Waals surface area contributed by atoms with Gasteiger partial charge in [0.15, 0.2) is 5.78 Å². The SMILES string of the molecule is O=C1CCC(c2ccccc2)(c2ccccc2)c2ccccc21. The van der Waals surface area contributed by atoms with E-state index in [4.69, 9.17) is 0 Å². The Morgan fingerprint density at radius 2 is 1.17 bits per heavy atom. The highest BCUT2D eigenvalue weighted by atomic mass is 16.1. The molecule has 23 heavy (non-hydrogen) atoms. The van der Waals surface area contributed by atoms with Gasteiger partial charge < -0.3 is 0 Å². The van der Waals surface area contributed by atoms with E-state index in [-0.39, 0.29) is 11.2 Å². The molecule has 0 spiro atoms. The number of carbonyl (C=O) groups excluding carboxylic acids is 1. The molecule has 1 nitrogen and oxygen atoms in total. The first-order chi connectivity index (χ1) is 11.3. The molecule has 0 amide bonds. The highest BCUT2D eigenvalue weighted by Crippen LogP contribution is 2.47. The lowest BCUT2D eigenvalue weighted by atomic mass is 9.62. The zero-order valence-electron chi connectivity index (χ0n) is 12.9. The van der Waals surface area contributed by atoms with Crippen LogP contribution in [0.2, 0.25) is 0 Å². The van der Waals surface area contributed by atoms with E-state index in [9.17, 15) is 4.79 Å². The first-order valence-electron chi connectivity index (χ1n) is 8.06. The molecule has 0 unspecified atom stereocenters. The van der Waals surface area contributed by atoms with E-state index >= 15 is 0 Å². The summed E-state index contributed by atoms with van der Waals surface area (Å²) in [6.07, 6.45) is 1.40. The van der Waals surface area contributed by atoms with E-state index in [2.05, 4.69) is 54.6 Å². The normalized spacial score (nSPS) is 15.9. The van der Waals surface area contributed by atoms with Crippen LogP contribution in [0.25, 0.3) is 0 Å². The van der Waals surface area contributed by atoms with E-state index in [1.54, 1.807) is 0 Å². The van der Waals surface area contributed by atoms with Gasteiger partial charge in [-0.3, -0.25) is 4.79 Å². The molecular weight excluding hydrogens is 280 g/mol. The van der Waals surface area contributed by atoms with Crippen LogP contribution in [0.3, 0.4) is 0 Å². The number of fused-ring (bicyclic) bond motifs is 1. The van der Waals surface area contributed by atoms with Crippen LogP contribution in [0.1, 0.15) is 39.9 Å². The van der Waals surface area contributed by atoms with Crippen LogP contribution >= 0.6 is 0 Å². The second kappa shape index (κ2) is 5.51. The van der Waals surface area contributed by atoms with E-state index < -0.39 is 0 Å². The predicted molar refractivity (Wildman–Crippen MR) is 92.8 cm³/mol. The van der Waals surface area contributed by atoms with Crippen molar-refractivity contribution in [3.05, 3.63) is 107 Å². The molecule has 0 radical (unpaired) electrons. The number of carbonyl (C=O) groups is 1. The van der Waals surface area contributed by atoms with Gasteiger partial charge in [0.1, 0.15) is 0 Å². The van der Waals surface area contributed by atoms with Crippen molar-refractivity contribution in [3.63, 3.8) is 0 Å². The molecular formula is C22H18O. The van der Waals surface area contributed by atoms with Gasteiger partial charge >= 0.3 is 0 Å². The standard InChI is InChI=1S/C22H18O/c23-21-15-16-22(17-9-3-1-4-10-17,18-11-5-2-6-12-18)20-14-8-7-13-19(20)21/h1-14H,15-16H2. The summed E-state index contributed by atoms with van der Waals surface area (Å²) in [4.78, 5) is 12.4. The van der Waals surface area contributed by atoms with Crippen LogP contribution in [-0.4, -0.2) is 5.78 Å². The van der Waals surface area contributed by atoms with Crippen molar-refractivity contribution in [1.82, 2.24) is 0 Å². The minimum absolute atomic E-state index is 0.243. The summed E-state index contributed by atoms with van der Waals surface area (Å²) in [6.45, 7) is 0. The molecule has 3 aromatic rings. The predicted octanol–water partition coefficient (Wildman–Crippen LogP) is 5.00. The molecule has 1 heteroatoms. The van der Waals surface area contributed by atoms with Crippen molar-refractivity contribution < 1.29 is 4.79 Å². The van der Waals surface area contributed by atoms with Crippen molar-refractivity contribution in [2.45, 2.75) is 18.3 Å². The molecule has 0 heterocycles. The maximum absolute atomic E-state index is 12.4. The van der Waals surface area contributed by atoms with Crippen molar-refractivity contribution in [1.29, 1.82) is 0 Å². The molecule has 0 aliphatic heterocycles. The van der Waals surface area contributed by atoms with E-state index in [1.165, 1.54) is 11.1 Å². The fourth-order valence-corrected chi connectivity index (χ4v) is 3.88. The van der Waals surface area contributed by atoms with Gasteiger partial charge in [0.05, 0.1) is 0 Å². The van der Waals surface area contributed by atoms with Crippen molar-refractivity contribution in [3.8, 4) is 0 Å². The molecule has 0 aromatic heterocycles. The maximum atomic E-state index is 12.4. The van der Waals surface area contributed by atoms with E-state index in [1.807, 2.05) is 30.3 Å². The van der Waals surface area contributed by atoms with Crippen LogP contribution in [0.5, 0.6) is 0 Å². The Morgan fingerprint density at radius 1 is 0.652 bits per heavy atom. The lowest BCUT2D eigenvalue weighted by Gasteiger charge is -2.40. The molecule has 0 saturated heterocycles. The summed E-state index contributed by atoms with van der Waals surface area (Å²) in [7, 11) is 0. The van der Waals surface area contributed by atoms with Gasteiger partial charge in [-0.2, -0.15) is 0 Å². The second-order valence-electron chi connectivity index (χ2n) is 6.11. The van der Waals surface area contributed by atoms with Gasteiger partial charge in [0.25, 0.3) is 0 Å². The summed E-state index contributed by atoms with van der Waals surface area (Å²) in [5, 5.41) is 0. The average Bonchev–Trinajstić information content (AvgIpc) is 2.64. The Bertz CT molecular complexity index is 795. The summed E-state index contributed by atoms with van der Waals surface area (Å²) in [5.74, 6) is 0.253. The molecule has 0 N–H and O–H groups in total. The third-order valence-corrected chi connectivity index (χ3v) is 4.95. The molecule has 1 aliphatic carbocycles. The van der Waals surface area contributed by atoms with Gasteiger partial charge in [0.2, 0.25) is 0 Å². The third-order valence-electron chi connectivity index (χ3n) is 4.95. The summed E-state index contributed by atoms with van der Waals surface area (Å²) in [6, 6.07) is 29.2. The third kappa shape index (κ3) is 2.12. The lowest BCUT2D eigenvalue weighted by molar-refractivity contribution is 0.0962. The van der Waals surface area contributed by atoms with Crippen LogP contribution in [-0.2, 0) is 5.41 Å². The number of rotatable bonds is 2. The number of hydrogen-bond donors (Lipinski definition) is 0. The average molecular weight is 298 g/mol. The second-order valence-corrected chi connectivity index (χ2v) is 6.11. The Kier molecular flexibility index (Phi) is 3.34. The minimum Gasteiger partial charge on any atom is -0.294 e. The molecule has 1 aliphatic rings. The lowest BCUT2D eigenvalue weighted by Crippen LogP contribution is -2.35. The number of ketones is 1. The van der Waals surface area contributed by atoms with Crippen LogP contribution < -0.4 is 0 Å². The van der Waals surface area contributed by atoms with Gasteiger partial charge in [-0.05, 0) is 23.1 Å². The highest BCUT2D eigenvalue weighted by Gasteiger charge is 2.41.